The predicted octanol–water partition coefficient (Wildman–Crippen LogP) is 1.97. The Morgan fingerprint density at radius 1 is 0.889 bits per heavy atom. The molecular weight excluding hydrogens is 230 g/mol. The van der Waals surface area contributed by atoms with Gasteiger partial charge in [0.15, 0.2) is 0 Å². The van der Waals surface area contributed by atoms with Gasteiger partial charge in [-0.2, -0.15) is 0 Å². The van der Waals surface area contributed by atoms with Crippen LogP contribution in [0, 0.1) is 0 Å². The fraction of sp³-hybridized carbons (Fsp3) is 0. The smallest absolute Gasteiger partial charge is 0.258 e. The number of phenols is 1. The molecule has 0 aromatic heterocycles. The quantitative estimate of drug-likeness (QED) is 0.774. The first-order valence-corrected chi connectivity index (χ1v) is 5.45. The summed E-state index contributed by atoms with van der Waals surface area (Å²) in [6.07, 6.45) is 2.40. The van der Waals surface area contributed by atoms with Crippen molar-refractivity contribution in [2.24, 2.45) is 0 Å². The molecule has 0 saturated heterocycles. The van der Waals surface area contributed by atoms with Gasteiger partial charge < -0.3 is 5.11 Å². The van der Waals surface area contributed by atoms with Gasteiger partial charge in [-0.05, 0) is 11.5 Å². The molecule has 1 heterocycles. The number of fused-ring (bicyclic) bond motifs is 1. The molecule has 3 rings (SSSR count). The van der Waals surface area contributed by atoms with Crippen molar-refractivity contribution in [3.63, 3.8) is 0 Å². The minimum atomic E-state index is -0.438. The van der Waals surface area contributed by atoms with Crippen LogP contribution in [0.2, 0.25) is 0 Å². The van der Waals surface area contributed by atoms with Crippen LogP contribution in [0.3, 0.4) is 0 Å². The number of hydrogen-bond acceptors (Lipinski definition) is 3. The Hall–Kier alpha value is -2.62. The number of benzene rings is 2. The second-order valence-corrected chi connectivity index (χ2v) is 4.00. The van der Waals surface area contributed by atoms with Gasteiger partial charge in [-0.15, -0.1) is 0 Å². The largest absolute Gasteiger partial charge is 0.506 e. The van der Waals surface area contributed by atoms with E-state index in [0.717, 1.165) is 10.3 Å². The molecule has 88 valence electrons. The van der Waals surface area contributed by atoms with E-state index in [-0.39, 0.29) is 11.4 Å². The molecule has 0 saturated carbocycles. The van der Waals surface area contributed by atoms with Gasteiger partial charge in [-0.25, -0.2) is 4.90 Å². The van der Waals surface area contributed by atoms with Crippen molar-refractivity contribution in [2.75, 3.05) is 4.90 Å². The lowest BCUT2D eigenvalue weighted by Crippen LogP contribution is -2.29. The van der Waals surface area contributed by atoms with Gasteiger partial charge >= 0.3 is 0 Å². The van der Waals surface area contributed by atoms with Gasteiger partial charge in [0.1, 0.15) is 11.4 Å². The maximum atomic E-state index is 11.7. The standard InChI is InChI=1S/C14H9NO3/c16-11-6-5-9-3-1-2-4-10(9)14(11)15-12(17)7-8-13(15)18/h1-8,16H. The van der Waals surface area contributed by atoms with Gasteiger partial charge in [0, 0.05) is 17.5 Å². The summed E-state index contributed by atoms with van der Waals surface area (Å²) in [5, 5.41) is 11.5. The molecule has 0 fully saturated rings. The van der Waals surface area contributed by atoms with Gasteiger partial charge in [-0.3, -0.25) is 9.59 Å². The lowest BCUT2D eigenvalue weighted by Gasteiger charge is -2.17. The van der Waals surface area contributed by atoms with Crippen molar-refractivity contribution < 1.29 is 14.7 Å². The molecule has 0 bridgehead atoms. The van der Waals surface area contributed by atoms with Gasteiger partial charge in [-0.1, -0.05) is 30.3 Å². The zero-order valence-electron chi connectivity index (χ0n) is 9.33. The lowest BCUT2D eigenvalue weighted by atomic mass is 10.1. The molecule has 0 aliphatic carbocycles. The molecular formula is C14H9NO3. The van der Waals surface area contributed by atoms with E-state index in [4.69, 9.17) is 0 Å². The van der Waals surface area contributed by atoms with E-state index in [1.54, 1.807) is 18.2 Å². The van der Waals surface area contributed by atoms with Crippen LogP contribution in [0.1, 0.15) is 0 Å². The number of nitrogens with zero attached hydrogens (tertiary/aromatic N) is 1. The maximum absolute atomic E-state index is 11.7. The van der Waals surface area contributed by atoms with Crippen LogP contribution in [0.15, 0.2) is 48.6 Å². The summed E-state index contributed by atoms with van der Waals surface area (Å²) in [5.74, 6) is -0.961. The van der Waals surface area contributed by atoms with E-state index < -0.39 is 11.8 Å². The summed E-state index contributed by atoms with van der Waals surface area (Å²) in [7, 11) is 0. The fourth-order valence-electron chi connectivity index (χ4n) is 2.10. The van der Waals surface area contributed by atoms with Gasteiger partial charge in [0.2, 0.25) is 0 Å². The van der Waals surface area contributed by atoms with Crippen molar-refractivity contribution >= 4 is 28.3 Å². The average Bonchev–Trinajstić information content (AvgIpc) is 2.70. The second kappa shape index (κ2) is 3.70. The van der Waals surface area contributed by atoms with E-state index in [1.807, 2.05) is 12.1 Å². The Labute approximate surface area is 103 Å². The summed E-state index contributed by atoms with van der Waals surface area (Å²) in [5.41, 5.74) is 0.244. The lowest BCUT2D eigenvalue weighted by molar-refractivity contribution is -0.120. The molecule has 0 spiro atoms. The fourth-order valence-corrected chi connectivity index (χ4v) is 2.10. The first-order valence-electron chi connectivity index (χ1n) is 5.45. The highest BCUT2D eigenvalue weighted by atomic mass is 16.3. The molecule has 0 atom stereocenters. The van der Waals surface area contributed by atoms with E-state index in [0.29, 0.717) is 5.39 Å². The summed E-state index contributed by atoms with van der Waals surface area (Å²) in [6.45, 7) is 0. The van der Waals surface area contributed by atoms with Crippen LogP contribution in [-0.2, 0) is 9.59 Å². The Kier molecular flexibility index (Phi) is 2.16. The van der Waals surface area contributed by atoms with E-state index in [9.17, 15) is 14.7 Å². The normalized spacial score (nSPS) is 14.8. The van der Waals surface area contributed by atoms with Gasteiger partial charge in [0.25, 0.3) is 11.8 Å². The van der Waals surface area contributed by atoms with Crippen LogP contribution in [-0.4, -0.2) is 16.9 Å². The van der Waals surface area contributed by atoms with Crippen molar-refractivity contribution in [3.05, 3.63) is 48.6 Å². The highest BCUT2D eigenvalue weighted by Gasteiger charge is 2.28. The molecule has 2 aromatic rings. The molecule has 1 aliphatic heterocycles. The number of phenolic OH excluding ortho intramolecular Hbond substituents is 1. The third-order valence-corrected chi connectivity index (χ3v) is 2.91. The third-order valence-electron chi connectivity index (χ3n) is 2.91. The zero-order chi connectivity index (χ0) is 12.7. The number of hydrogen-bond donors (Lipinski definition) is 1. The number of anilines is 1. The monoisotopic (exact) mass is 239 g/mol. The summed E-state index contributed by atoms with van der Waals surface area (Å²) < 4.78 is 0. The van der Waals surface area contributed by atoms with Crippen LogP contribution >= 0.6 is 0 Å². The summed E-state index contributed by atoms with van der Waals surface area (Å²) in [6, 6.07) is 10.5. The van der Waals surface area contributed by atoms with Crippen molar-refractivity contribution in [1.29, 1.82) is 0 Å². The van der Waals surface area contributed by atoms with Crippen molar-refractivity contribution in [3.8, 4) is 5.75 Å². The molecule has 0 radical (unpaired) electrons. The third kappa shape index (κ3) is 1.39. The van der Waals surface area contributed by atoms with E-state index in [1.165, 1.54) is 18.2 Å². The Balaban J connectivity index is 2.31. The van der Waals surface area contributed by atoms with Crippen LogP contribution in [0.5, 0.6) is 5.75 Å². The topological polar surface area (TPSA) is 57.6 Å². The molecule has 0 unspecified atom stereocenters. The minimum Gasteiger partial charge on any atom is -0.506 e. The second-order valence-electron chi connectivity index (χ2n) is 4.00. The molecule has 4 nitrogen and oxygen atoms in total. The predicted molar refractivity (Wildman–Crippen MR) is 67.2 cm³/mol. The molecule has 1 N–H and O–H groups in total. The Morgan fingerprint density at radius 2 is 1.56 bits per heavy atom. The maximum Gasteiger partial charge on any atom is 0.258 e. The molecule has 2 aromatic carbocycles. The summed E-state index contributed by atoms with van der Waals surface area (Å²) in [4.78, 5) is 24.4. The number of carbonyl (C=O) groups is 2. The van der Waals surface area contributed by atoms with Crippen LogP contribution in [0.25, 0.3) is 10.8 Å². The van der Waals surface area contributed by atoms with Crippen LogP contribution < -0.4 is 4.90 Å². The first-order chi connectivity index (χ1) is 8.68. The van der Waals surface area contributed by atoms with E-state index in [2.05, 4.69) is 0 Å². The molecule has 1 aliphatic rings. The summed E-state index contributed by atoms with van der Waals surface area (Å²) >= 11 is 0. The number of carbonyl (C=O) groups excluding carboxylic acids is 2. The minimum absolute atomic E-state index is 0.0842. The van der Waals surface area contributed by atoms with Crippen molar-refractivity contribution in [1.82, 2.24) is 0 Å². The number of aromatic hydroxyl groups is 1. The number of amides is 2. The zero-order valence-corrected chi connectivity index (χ0v) is 9.33. The molecule has 2 amide bonds. The molecule has 18 heavy (non-hydrogen) atoms. The Morgan fingerprint density at radius 3 is 2.28 bits per heavy atom. The highest BCUT2D eigenvalue weighted by Crippen LogP contribution is 2.36. The average molecular weight is 239 g/mol. The Bertz CT molecular complexity index is 685. The highest BCUT2D eigenvalue weighted by molar-refractivity contribution is 6.30. The SMILES string of the molecule is O=C1C=CC(=O)N1c1c(O)ccc2ccccc12. The van der Waals surface area contributed by atoms with Crippen molar-refractivity contribution in [2.45, 2.75) is 0 Å². The van der Waals surface area contributed by atoms with Crippen LogP contribution in [0.4, 0.5) is 5.69 Å². The number of imide groups is 1. The van der Waals surface area contributed by atoms with E-state index >= 15 is 0 Å². The van der Waals surface area contributed by atoms with Gasteiger partial charge in [0.05, 0.1) is 0 Å². The molecule has 4 heteroatoms. The number of rotatable bonds is 1. The first kappa shape index (κ1) is 10.5.